The summed E-state index contributed by atoms with van der Waals surface area (Å²) >= 11 is 0. The summed E-state index contributed by atoms with van der Waals surface area (Å²) in [4.78, 5) is 22.2. The molecule has 0 radical (unpaired) electrons. The van der Waals surface area contributed by atoms with Gasteiger partial charge >= 0.3 is 6.09 Å². The predicted octanol–water partition coefficient (Wildman–Crippen LogP) is 2.74. The molecule has 1 aliphatic rings. The lowest BCUT2D eigenvalue weighted by Crippen LogP contribution is -2.53. The van der Waals surface area contributed by atoms with Gasteiger partial charge in [0, 0.05) is 30.3 Å². The number of nitro groups is 1. The monoisotopic (exact) mass is 321 g/mol. The Morgan fingerprint density at radius 3 is 2.57 bits per heavy atom. The van der Waals surface area contributed by atoms with Crippen molar-refractivity contribution in [2.45, 2.75) is 57.8 Å². The molecule has 0 heterocycles. The largest absolute Gasteiger partial charge is 0.444 e. The number of hydrogen-bond donors (Lipinski definition) is 2. The maximum absolute atomic E-state index is 11.6. The predicted molar refractivity (Wildman–Crippen MR) is 86.1 cm³/mol. The Bertz CT molecular complexity index is 577. The number of nitrogens with zero attached hydrogens (tertiary/aromatic N) is 1. The van der Waals surface area contributed by atoms with Crippen LogP contribution in [0.2, 0.25) is 0 Å². The molecule has 0 aliphatic heterocycles. The van der Waals surface area contributed by atoms with Gasteiger partial charge in [0.15, 0.2) is 0 Å². The van der Waals surface area contributed by atoms with Crippen molar-refractivity contribution in [2.75, 3.05) is 0 Å². The minimum atomic E-state index is -0.502. The maximum Gasteiger partial charge on any atom is 0.407 e. The number of para-hydroxylation sites is 1. The zero-order chi connectivity index (χ0) is 17.0. The Hall–Kier alpha value is -2.15. The van der Waals surface area contributed by atoms with Gasteiger partial charge in [0.25, 0.3) is 5.69 Å². The molecule has 0 bridgehead atoms. The molecule has 7 nitrogen and oxygen atoms in total. The summed E-state index contributed by atoms with van der Waals surface area (Å²) in [5.41, 5.74) is 0.293. The second-order valence-corrected chi connectivity index (χ2v) is 6.78. The summed E-state index contributed by atoms with van der Waals surface area (Å²) in [6, 6.07) is 7.04. The molecule has 7 heteroatoms. The average molecular weight is 321 g/mol. The minimum absolute atomic E-state index is 0.0908. The van der Waals surface area contributed by atoms with Gasteiger partial charge in [0.2, 0.25) is 0 Å². The minimum Gasteiger partial charge on any atom is -0.444 e. The van der Waals surface area contributed by atoms with Crippen LogP contribution in [0.5, 0.6) is 0 Å². The van der Waals surface area contributed by atoms with Crippen LogP contribution in [0, 0.1) is 10.1 Å². The second-order valence-electron chi connectivity index (χ2n) is 6.78. The summed E-state index contributed by atoms with van der Waals surface area (Å²) < 4.78 is 5.21. The van der Waals surface area contributed by atoms with Crippen LogP contribution in [-0.4, -0.2) is 28.7 Å². The Labute approximate surface area is 135 Å². The van der Waals surface area contributed by atoms with Crippen molar-refractivity contribution in [3.05, 3.63) is 39.9 Å². The number of ether oxygens (including phenoxy) is 1. The van der Waals surface area contributed by atoms with Crippen molar-refractivity contribution in [3.8, 4) is 0 Å². The van der Waals surface area contributed by atoms with E-state index in [1.807, 2.05) is 20.8 Å². The first-order valence-corrected chi connectivity index (χ1v) is 7.70. The molecule has 0 atom stereocenters. The van der Waals surface area contributed by atoms with Crippen molar-refractivity contribution in [1.82, 2.24) is 10.6 Å². The van der Waals surface area contributed by atoms with E-state index in [-0.39, 0.29) is 22.7 Å². The van der Waals surface area contributed by atoms with E-state index < -0.39 is 11.7 Å². The molecule has 126 valence electrons. The number of alkyl carbamates (subject to hydrolysis) is 1. The van der Waals surface area contributed by atoms with Crippen LogP contribution in [0.3, 0.4) is 0 Å². The fourth-order valence-corrected chi connectivity index (χ4v) is 2.47. The van der Waals surface area contributed by atoms with Gasteiger partial charge < -0.3 is 15.4 Å². The van der Waals surface area contributed by atoms with Gasteiger partial charge in [-0.1, -0.05) is 18.2 Å². The van der Waals surface area contributed by atoms with E-state index in [0.717, 1.165) is 12.8 Å². The molecule has 2 rings (SSSR count). The SMILES string of the molecule is CC(C)(C)OC(=O)NC1CC(NCc2ccccc2[N+](=O)[O-])C1. The summed E-state index contributed by atoms with van der Waals surface area (Å²) in [5, 5.41) is 17.1. The van der Waals surface area contributed by atoms with E-state index in [1.165, 1.54) is 6.07 Å². The molecule has 0 unspecified atom stereocenters. The number of hydrogen-bond acceptors (Lipinski definition) is 5. The van der Waals surface area contributed by atoms with Crippen LogP contribution in [-0.2, 0) is 11.3 Å². The van der Waals surface area contributed by atoms with Gasteiger partial charge in [-0.2, -0.15) is 0 Å². The van der Waals surface area contributed by atoms with E-state index in [9.17, 15) is 14.9 Å². The molecular formula is C16H23N3O4. The summed E-state index contributed by atoms with van der Waals surface area (Å²) in [6.07, 6.45) is 1.18. The standard InChI is InChI=1S/C16H23N3O4/c1-16(2,3)23-15(20)18-13-8-12(9-13)17-10-11-6-4-5-7-14(11)19(21)22/h4-7,12-13,17H,8-10H2,1-3H3,(H,18,20). The Morgan fingerprint density at radius 1 is 1.30 bits per heavy atom. The molecule has 1 fully saturated rings. The lowest BCUT2D eigenvalue weighted by molar-refractivity contribution is -0.385. The number of nitrogens with one attached hydrogen (secondary N) is 2. The van der Waals surface area contributed by atoms with Crippen LogP contribution in [0.1, 0.15) is 39.2 Å². The van der Waals surface area contributed by atoms with Gasteiger partial charge in [-0.05, 0) is 33.6 Å². The fraction of sp³-hybridized carbons (Fsp3) is 0.562. The highest BCUT2D eigenvalue weighted by Crippen LogP contribution is 2.23. The molecule has 2 N–H and O–H groups in total. The third-order valence-electron chi connectivity index (χ3n) is 3.63. The van der Waals surface area contributed by atoms with Crippen LogP contribution < -0.4 is 10.6 Å². The lowest BCUT2D eigenvalue weighted by Gasteiger charge is -2.36. The highest BCUT2D eigenvalue weighted by atomic mass is 16.6. The van der Waals surface area contributed by atoms with Gasteiger partial charge in [-0.25, -0.2) is 4.79 Å². The van der Waals surface area contributed by atoms with Gasteiger partial charge in [-0.3, -0.25) is 10.1 Å². The molecule has 1 amide bonds. The molecule has 0 saturated heterocycles. The van der Waals surface area contributed by atoms with Gasteiger partial charge in [-0.15, -0.1) is 0 Å². The van der Waals surface area contributed by atoms with Crippen LogP contribution in [0.4, 0.5) is 10.5 Å². The molecule has 1 aromatic rings. The molecule has 0 aromatic heterocycles. The van der Waals surface area contributed by atoms with Crippen LogP contribution >= 0.6 is 0 Å². The highest BCUT2D eigenvalue weighted by molar-refractivity contribution is 5.68. The van der Waals surface area contributed by atoms with Gasteiger partial charge in [0.1, 0.15) is 5.60 Å². The first kappa shape index (κ1) is 17.2. The molecule has 0 spiro atoms. The fourth-order valence-electron chi connectivity index (χ4n) is 2.47. The third-order valence-corrected chi connectivity index (χ3v) is 3.63. The van der Waals surface area contributed by atoms with Crippen molar-refractivity contribution < 1.29 is 14.5 Å². The Kier molecular flexibility index (Phi) is 5.20. The summed E-state index contributed by atoms with van der Waals surface area (Å²) in [5.74, 6) is 0. The highest BCUT2D eigenvalue weighted by Gasteiger charge is 2.31. The molecular weight excluding hydrogens is 298 g/mol. The quantitative estimate of drug-likeness (QED) is 0.642. The zero-order valence-corrected chi connectivity index (χ0v) is 13.7. The normalized spacial score (nSPS) is 20.5. The number of nitro benzene ring substituents is 1. The first-order valence-electron chi connectivity index (χ1n) is 7.70. The smallest absolute Gasteiger partial charge is 0.407 e. The first-order chi connectivity index (χ1) is 10.7. The van der Waals surface area contributed by atoms with E-state index in [2.05, 4.69) is 10.6 Å². The van der Waals surface area contributed by atoms with Crippen molar-refractivity contribution >= 4 is 11.8 Å². The van der Waals surface area contributed by atoms with E-state index >= 15 is 0 Å². The van der Waals surface area contributed by atoms with E-state index in [0.29, 0.717) is 12.1 Å². The Morgan fingerprint density at radius 2 is 1.96 bits per heavy atom. The molecule has 1 aromatic carbocycles. The Balaban J connectivity index is 1.73. The summed E-state index contributed by atoms with van der Waals surface area (Å²) in [7, 11) is 0. The number of amides is 1. The maximum atomic E-state index is 11.6. The average Bonchev–Trinajstić information content (AvgIpc) is 2.39. The number of benzene rings is 1. The van der Waals surface area contributed by atoms with Crippen LogP contribution in [0.15, 0.2) is 24.3 Å². The third kappa shape index (κ3) is 5.21. The zero-order valence-electron chi connectivity index (χ0n) is 13.7. The van der Waals surface area contributed by atoms with Crippen molar-refractivity contribution in [3.63, 3.8) is 0 Å². The number of rotatable bonds is 5. The van der Waals surface area contributed by atoms with Gasteiger partial charge in [0.05, 0.1) is 4.92 Å². The molecule has 1 saturated carbocycles. The number of carbonyl (C=O) groups excluding carboxylic acids is 1. The van der Waals surface area contributed by atoms with E-state index in [1.54, 1.807) is 18.2 Å². The molecule has 1 aliphatic carbocycles. The van der Waals surface area contributed by atoms with Crippen molar-refractivity contribution in [2.24, 2.45) is 0 Å². The summed E-state index contributed by atoms with van der Waals surface area (Å²) in [6.45, 7) is 5.92. The van der Waals surface area contributed by atoms with Crippen LogP contribution in [0.25, 0.3) is 0 Å². The second kappa shape index (κ2) is 6.95. The topological polar surface area (TPSA) is 93.5 Å². The van der Waals surface area contributed by atoms with E-state index in [4.69, 9.17) is 4.74 Å². The molecule has 23 heavy (non-hydrogen) atoms. The van der Waals surface area contributed by atoms with Crippen molar-refractivity contribution in [1.29, 1.82) is 0 Å². The lowest BCUT2D eigenvalue weighted by atomic mass is 9.86. The number of carbonyl (C=O) groups is 1.